The van der Waals surface area contributed by atoms with Crippen molar-refractivity contribution in [3.05, 3.63) is 134 Å². The number of carbonyl (C=O) groups excluding carboxylic acids is 2. The van der Waals surface area contributed by atoms with Crippen LogP contribution in [0.25, 0.3) is 0 Å². The minimum atomic E-state index is -4.76. The molecule has 0 spiro atoms. The second-order valence-corrected chi connectivity index (χ2v) is 14.8. The van der Waals surface area contributed by atoms with Crippen LogP contribution in [0.15, 0.2) is 134 Å². The summed E-state index contributed by atoms with van der Waals surface area (Å²) in [6.45, 7) is 2.40. The Morgan fingerprint density at radius 2 is 0.883 bits per heavy atom. The van der Waals surface area contributed by atoms with E-state index in [1.165, 1.54) is 0 Å². The van der Waals surface area contributed by atoms with Crippen molar-refractivity contribution in [3.8, 4) is 0 Å². The third kappa shape index (κ3) is 40.4. The highest BCUT2D eigenvalue weighted by Gasteiger charge is 2.28. The Morgan fingerprint density at radius 3 is 1.28 bits per heavy atom. The van der Waals surface area contributed by atoms with Crippen molar-refractivity contribution in [3.63, 3.8) is 0 Å². The highest BCUT2D eigenvalue weighted by atomic mass is 31.2. The predicted octanol–water partition coefficient (Wildman–Crippen LogP) is 11.4. The Kier molecular flexibility index (Phi) is 38.3. The standard InChI is InChI=1S/C48H72NO10P/c1-3-5-7-9-11-13-15-17-19-21-22-24-26-28-30-32-34-36-38-40-47(51)59-44(42-57-60(54,55)58-43-45(49)48(52)53)41-56-46(50)39-37-35-33-31-29-27-25-23-20-18-16-14-12-10-8-6-4-2/h5-8,11-14,17-20,22,24-25,27-28,30-31,33-34,36,44-45H,3-4,9-10,15-16,21,23,26,29,32,35,37-43,49H2,1-2H3,(H,52,53)(H,54,55)/b7-5+,8-6+,13-11+,14-12+,19-17+,20-18+,24-22+,27-25+,30-28+,33-31+,36-34+/t44-,45+/m1/s1. The average Bonchev–Trinajstić information content (AvgIpc) is 3.22. The molecule has 0 bridgehead atoms. The molecule has 0 aliphatic carbocycles. The lowest BCUT2D eigenvalue weighted by Gasteiger charge is -2.20. The molecule has 0 aromatic heterocycles. The number of allylic oxidation sites excluding steroid dienone is 22. The number of carboxylic acid groups (broad SMARTS) is 1. The highest BCUT2D eigenvalue weighted by molar-refractivity contribution is 7.47. The van der Waals surface area contributed by atoms with Gasteiger partial charge >= 0.3 is 25.7 Å². The summed E-state index contributed by atoms with van der Waals surface area (Å²) < 4.78 is 32.5. The van der Waals surface area contributed by atoms with Crippen molar-refractivity contribution >= 4 is 25.7 Å². The molecule has 0 heterocycles. The third-order valence-electron chi connectivity index (χ3n) is 7.91. The molecule has 11 nitrogen and oxygen atoms in total. The number of rotatable bonds is 37. The van der Waals surface area contributed by atoms with E-state index in [1.807, 2.05) is 30.4 Å². The van der Waals surface area contributed by atoms with E-state index in [0.29, 0.717) is 25.7 Å². The second kappa shape index (κ2) is 41.4. The third-order valence-corrected chi connectivity index (χ3v) is 8.86. The van der Waals surface area contributed by atoms with Crippen LogP contribution < -0.4 is 5.73 Å². The number of phosphoric acid groups is 1. The molecule has 0 fully saturated rings. The average molecular weight is 854 g/mol. The largest absolute Gasteiger partial charge is 0.480 e. The Bertz CT molecular complexity index is 1520. The molecule has 334 valence electrons. The van der Waals surface area contributed by atoms with Crippen molar-refractivity contribution in [2.45, 2.75) is 129 Å². The van der Waals surface area contributed by atoms with Crippen LogP contribution >= 0.6 is 7.82 Å². The van der Waals surface area contributed by atoms with Crippen molar-refractivity contribution in [2.75, 3.05) is 19.8 Å². The van der Waals surface area contributed by atoms with Gasteiger partial charge in [0, 0.05) is 12.8 Å². The predicted molar refractivity (Wildman–Crippen MR) is 244 cm³/mol. The first kappa shape index (κ1) is 55.6. The molecule has 3 atom stereocenters. The molecular formula is C48H72NO10P. The molecule has 0 aromatic rings. The lowest BCUT2D eigenvalue weighted by molar-refractivity contribution is -0.161. The van der Waals surface area contributed by atoms with Crippen LogP contribution in [0.3, 0.4) is 0 Å². The molecule has 0 aliphatic heterocycles. The van der Waals surface area contributed by atoms with Gasteiger partial charge in [0.1, 0.15) is 12.6 Å². The molecule has 0 saturated heterocycles. The van der Waals surface area contributed by atoms with E-state index in [2.05, 4.69) is 122 Å². The van der Waals surface area contributed by atoms with Crippen molar-refractivity contribution in [2.24, 2.45) is 5.73 Å². The Labute approximate surface area is 360 Å². The molecule has 0 radical (unpaired) electrons. The van der Waals surface area contributed by atoms with Crippen LogP contribution in [0.5, 0.6) is 0 Å². The van der Waals surface area contributed by atoms with Gasteiger partial charge in [-0.3, -0.25) is 23.4 Å². The van der Waals surface area contributed by atoms with Crippen LogP contribution in [0.4, 0.5) is 0 Å². The molecule has 1 unspecified atom stereocenters. The number of hydrogen-bond acceptors (Lipinski definition) is 9. The Balaban J connectivity index is 4.63. The maximum absolute atomic E-state index is 12.6. The zero-order valence-corrected chi connectivity index (χ0v) is 36.9. The second-order valence-electron chi connectivity index (χ2n) is 13.4. The number of carbonyl (C=O) groups is 3. The number of phosphoric ester groups is 1. The van der Waals surface area contributed by atoms with Gasteiger partial charge in [-0.2, -0.15) is 0 Å². The van der Waals surface area contributed by atoms with E-state index in [9.17, 15) is 23.8 Å². The van der Waals surface area contributed by atoms with Gasteiger partial charge in [0.25, 0.3) is 0 Å². The van der Waals surface area contributed by atoms with Crippen molar-refractivity contribution in [1.82, 2.24) is 0 Å². The number of carboxylic acids is 1. The van der Waals surface area contributed by atoms with Gasteiger partial charge in [-0.1, -0.05) is 148 Å². The van der Waals surface area contributed by atoms with Crippen LogP contribution in [0, 0.1) is 0 Å². The summed E-state index contributed by atoms with van der Waals surface area (Å²) in [5.41, 5.74) is 5.32. The van der Waals surface area contributed by atoms with E-state index < -0.39 is 57.7 Å². The first-order valence-corrected chi connectivity index (χ1v) is 22.7. The summed E-state index contributed by atoms with van der Waals surface area (Å²) in [5, 5.41) is 8.89. The van der Waals surface area contributed by atoms with Crippen LogP contribution in [0.1, 0.15) is 117 Å². The molecule has 4 N–H and O–H groups in total. The lowest BCUT2D eigenvalue weighted by atomic mass is 10.2. The summed E-state index contributed by atoms with van der Waals surface area (Å²) >= 11 is 0. The number of nitrogens with two attached hydrogens (primary N) is 1. The first-order valence-electron chi connectivity index (χ1n) is 21.2. The Morgan fingerprint density at radius 1 is 0.517 bits per heavy atom. The van der Waals surface area contributed by atoms with Gasteiger partial charge in [-0.05, 0) is 89.9 Å². The van der Waals surface area contributed by atoms with E-state index >= 15 is 0 Å². The van der Waals surface area contributed by atoms with Gasteiger partial charge in [0.2, 0.25) is 0 Å². The molecule has 0 amide bonds. The minimum Gasteiger partial charge on any atom is -0.480 e. The summed E-state index contributed by atoms with van der Waals surface area (Å²) in [7, 11) is -4.76. The van der Waals surface area contributed by atoms with Crippen molar-refractivity contribution in [1.29, 1.82) is 0 Å². The summed E-state index contributed by atoms with van der Waals surface area (Å²) in [6.07, 6.45) is 56.8. The van der Waals surface area contributed by atoms with E-state index in [1.54, 1.807) is 0 Å². The summed E-state index contributed by atoms with van der Waals surface area (Å²) in [4.78, 5) is 45.9. The fourth-order valence-corrected chi connectivity index (χ4v) is 5.43. The van der Waals surface area contributed by atoms with E-state index in [4.69, 9.17) is 24.8 Å². The number of ether oxygens (including phenoxy) is 2. The normalized spacial score (nSPS) is 15.0. The fourth-order valence-electron chi connectivity index (χ4n) is 4.65. The lowest BCUT2D eigenvalue weighted by Crippen LogP contribution is -2.34. The van der Waals surface area contributed by atoms with Gasteiger partial charge in [0.05, 0.1) is 13.2 Å². The van der Waals surface area contributed by atoms with Crippen LogP contribution in [-0.2, 0) is 37.5 Å². The van der Waals surface area contributed by atoms with E-state index in [-0.39, 0.29) is 12.8 Å². The highest BCUT2D eigenvalue weighted by Crippen LogP contribution is 2.43. The maximum atomic E-state index is 12.6. The molecule has 12 heteroatoms. The number of esters is 2. The fraction of sp³-hybridized carbons (Fsp3) is 0.479. The van der Waals surface area contributed by atoms with Crippen LogP contribution in [-0.4, -0.2) is 59.9 Å². The smallest absolute Gasteiger partial charge is 0.472 e. The monoisotopic (exact) mass is 853 g/mol. The number of hydrogen-bond donors (Lipinski definition) is 3. The molecular weight excluding hydrogens is 781 g/mol. The zero-order chi connectivity index (χ0) is 44.2. The van der Waals surface area contributed by atoms with Gasteiger partial charge in [0.15, 0.2) is 6.10 Å². The van der Waals surface area contributed by atoms with Crippen LogP contribution in [0.2, 0.25) is 0 Å². The van der Waals surface area contributed by atoms with Crippen molar-refractivity contribution < 1.29 is 47.5 Å². The van der Waals surface area contributed by atoms with Gasteiger partial charge < -0.3 is 25.2 Å². The number of unbranched alkanes of at least 4 members (excludes halogenated alkanes) is 1. The summed E-state index contributed by atoms with van der Waals surface area (Å²) in [5.74, 6) is -2.58. The molecule has 0 rings (SSSR count). The first-order chi connectivity index (χ1) is 29.1. The quantitative estimate of drug-likeness (QED) is 0.0235. The van der Waals surface area contributed by atoms with Gasteiger partial charge in [-0.15, -0.1) is 0 Å². The number of aliphatic carboxylic acids is 1. The molecule has 0 aromatic carbocycles. The molecule has 0 saturated carbocycles. The summed E-state index contributed by atoms with van der Waals surface area (Å²) in [6, 6.07) is -1.55. The molecule has 60 heavy (non-hydrogen) atoms. The minimum absolute atomic E-state index is 0.0145. The van der Waals surface area contributed by atoms with Gasteiger partial charge in [-0.25, -0.2) is 4.57 Å². The Hall–Kier alpha value is -4.38. The molecule has 0 aliphatic rings. The SMILES string of the molecule is CC/C=C/C/C=C/C/C=C/C/C=C/C/C=C/C/C=C/CCC(=O)O[C@H](COC(=O)CCC/C=C/C/C=C/C/C=C/C/C=C/C/C=C/CC)COP(=O)(O)OC[C@H](N)C(=O)O. The topological polar surface area (TPSA) is 172 Å². The van der Waals surface area contributed by atoms with E-state index in [0.717, 1.165) is 64.2 Å². The maximum Gasteiger partial charge on any atom is 0.472 e. The zero-order valence-electron chi connectivity index (χ0n) is 36.0.